The molecule has 10 heteroatoms. The zero-order chi connectivity index (χ0) is 22.5. The molecule has 2 saturated heterocycles. The molecule has 170 valence electrons. The van der Waals surface area contributed by atoms with Crippen LogP contribution in [-0.2, 0) is 9.53 Å². The van der Waals surface area contributed by atoms with Gasteiger partial charge in [-0.15, -0.1) is 11.3 Å². The van der Waals surface area contributed by atoms with Crippen molar-refractivity contribution in [2.75, 3.05) is 44.3 Å². The van der Waals surface area contributed by atoms with Crippen molar-refractivity contribution < 1.29 is 19.1 Å². The van der Waals surface area contributed by atoms with E-state index in [-0.39, 0.29) is 23.4 Å². The number of nitrogens with zero attached hydrogens (tertiary/aromatic N) is 3. The second-order valence-corrected chi connectivity index (χ2v) is 8.78. The van der Waals surface area contributed by atoms with E-state index in [1.54, 1.807) is 10.3 Å². The van der Waals surface area contributed by atoms with Crippen LogP contribution in [0.1, 0.15) is 39.3 Å². The molecule has 0 unspecified atom stereocenters. The molecule has 0 saturated carbocycles. The summed E-state index contributed by atoms with van der Waals surface area (Å²) >= 11 is 1.40. The monoisotopic (exact) mass is 457 g/mol. The Hall–Kier alpha value is -2.98. The van der Waals surface area contributed by atoms with Gasteiger partial charge in [0.05, 0.1) is 13.2 Å². The Bertz CT molecular complexity index is 980. The Morgan fingerprint density at radius 1 is 1.06 bits per heavy atom. The first-order valence-corrected chi connectivity index (χ1v) is 11.6. The number of morpholine rings is 1. The predicted octanol–water partition coefficient (Wildman–Crippen LogP) is 1.60. The van der Waals surface area contributed by atoms with Crippen LogP contribution >= 0.6 is 11.3 Å². The number of carbonyl (C=O) groups excluding carboxylic acids is 3. The van der Waals surface area contributed by atoms with Crippen molar-refractivity contribution in [2.45, 2.75) is 19.8 Å². The highest BCUT2D eigenvalue weighted by Crippen LogP contribution is 2.22. The molecule has 32 heavy (non-hydrogen) atoms. The number of hydrogen-bond acceptors (Lipinski definition) is 7. The molecule has 0 radical (unpaired) electrons. The van der Waals surface area contributed by atoms with Crippen LogP contribution in [0.15, 0.2) is 29.6 Å². The summed E-state index contributed by atoms with van der Waals surface area (Å²) in [6.07, 6.45) is 1.11. The quantitative estimate of drug-likeness (QED) is 0.676. The summed E-state index contributed by atoms with van der Waals surface area (Å²) < 4.78 is 5.33. The minimum atomic E-state index is -0.443. The topological polar surface area (TPSA) is 104 Å². The second kappa shape index (κ2) is 10.1. The molecule has 9 nitrogen and oxygen atoms in total. The number of hydrogen-bond donors (Lipinski definition) is 2. The number of amides is 3. The minimum Gasteiger partial charge on any atom is -0.378 e. The Balaban J connectivity index is 1.24. The van der Waals surface area contributed by atoms with Crippen molar-refractivity contribution in [1.29, 1.82) is 0 Å². The van der Waals surface area contributed by atoms with Crippen molar-refractivity contribution in [1.82, 2.24) is 20.7 Å². The first-order chi connectivity index (χ1) is 15.5. The molecular formula is C22H27N5O4S. The van der Waals surface area contributed by atoms with Crippen molar-refractivity contribution in [2.24, 2.45) is 5.92 Å². The highest BCUT2D eigenvalue weighted by molar-refractivity contribution is 7.13. The highest BCUT2D eigenvalue weighted by atomic mass is 32.1. The Morgan fingerprint density at radius 3 is 2.50 bits per heavy atom. The number of aromatic nitrogens is 1. The summed E-state index contributed by atoms with van der Waals surface area (Å²) in [5.41, 5.74) is 6.89. The Kier molecular flexibility index (Phi) is 7.01. The number of hydrazine groups is 1. The number of thiazole rings is 1. The van der Waals surface area contributed by atoms with Crippen molar-refractivity contribution in [3.8, 4) is 0 Å². The zero-order valence-electron chi connectivity index (χ0n) is 18.0. The first-order valence-electron chi connectivity index (χ1n) is 10.8. The van der Waals surface area contributed by atoms with Gasteiger partial charge in [0.15, 0.2) is 5.13 Å². The molecule has 3 heterocycles. The molecule has 2 aliphatic rings. The van der Waals surface area contributed by atoms with Crippen LogP contribution in [0.5, 0.6) is 0 Å². The molecule has 3 amide bonds. The lowest BCUT2D eigenvalue weighted by atomic mass is 9.95. The number of carbonyl (C=O) groups is 3. The summed E-state index contributed by atoms with van der Waals surface area (Å²) in [5, 5.41) is 2.46. The standard InChI is InChI=1S/C22H27N5O4S/c1-15-4-2-3-5-17(15)21(30)26-8-6-16(7-9-26)19(28)24-25-20(29)18-14-32-22(23-18)27-10-12-31-13-11-27/h2-5,14,16H,6-13H2,1H3,(H,24,28)(H,25,29). The number of anilines is 1. The lowest BCUT2D eigenvalue weighted by Crippen LogP contribution is -2.48. The highest BCUT2D eigenvalue weighted by Gasteiger charge is 2.28. The van der Waals surface area contributed by atoms with Gasteiger partial charge in [-0.3, -0.25) is 25.2 Å². The van der Waals surface area contributed by atoms with Crippen LogP contribution in [0.25, 0.3) is 0 Å². The normalized spacial score (nSPS) is 17.2. The lowest BCUT2D eigenvalue weighted by Gasteiger charge is -2.31. The summed E-state index contributed by atoms with van der Waals surface area (Å²) in [6.45, 7) is 5.72. The maximum Gasteiger partial charge on any atom is 0.289 e. The molecule has 1 aromatic heterocycles. The van der Waals surface area contributed by atoms with Crippen molar-refractivity contribution in [3.63, 3.8) is 0 Å². The molecule has 0 bridgehead atoms. The van der Waals surface area contributed by atoms with Crippen molar-refractivity contribution >= 4 is 34.2 Å². The van der Waals surface area contributed by atoms with Crippen LogP contribution in [0.3, 0.4) is 0 Å². The fourth-order valence-electron chi connectivity index (χ4n) is 3.88. The van der Waals surface area contributed by atoms with Crippen LogP contribution < -0.4 is 15.8 Å². The van der Waals surface area contributed by atoms with Crippen LogP contribution in [-0.4, -0.2) is 67.0 Å². The maximum absolute atomic E-state index is 12.7. The summed E-state index contributed by atoms with van der Waals surface area (Å²) in [5.74, 6) is -0.948. The van der Waals surface area contributed by atoms with Crippen LogP contribution in [0.2, 0.25) is 0 Å². The third-order valence-electron chi connectivity index (χ3n) is 5.83. The molecule has 2 aliphatic heterocycles. The van der Waals surface area contributed by atoms with Crippen molar-refractivity contribution in [3.05, 3.63) is 46.5 Å². The maximum atomic E-state index is 12.7. The van der Waals surface area contributed by atoms with E-state index in [1.807, 2.05) is 31.2 Å². The smallest absolute Gasteiger partial charge is 0.289 e. The van der Waals surface area contributed by atoms with Gasteiger partial charge in [0.1, 0.15) is 5.69 Å². The Labute approximate surface area is 190 Å². The van der Waals surface area contributed by atoms with E-state index in [1.165, 1.54) is 11.3 Å². The number of rotatable bonds is 4. The third-order valence-corrected chi connectivity index (χ3v) is 6.74. The van der Waals surface area contributed by atoms with Crippen LogP contribution in [0.4, 0.5) is 5.13 Å². The minimum absolute atomic E-state index is 0.00475. The third kappa shape index (κ3) is 5.08. The van der Waals surface area contributed by atoms with E-state index in [9.17, 15) is 14.4 Å². The summed E-state index contributed by atoms with van der Waals surface area (Å²) in [7, 11) is 0. The van der Waals surface area contributed by atoms with Crippen LogP contribution in [0, 0.1) is 12.8 Å². The number of aryl methyl sites for hydroxylation is 1. The van der Waals surface area contributed by atoms with Gasteiger partial charge in [-0.25, -0.2) is 4.98 Å². The zero-order valence-corrected chi connectivity index (χ0v) is 18.8. The van der Waals surface area contributed by atoms with E-state index in [0.29, 0.717) is 44.7 Å². The van der Waals surface area contributed by atoms with Gasteiger partial charge in [0.25, 0.3) is 11.8 Å². The molecule has 0 spiro atoms. The van der Waals surface area contributed by atoms with E-state index in [4.69, 9.17) is 4.74 Å². The Morgan fingerprint density at radius 2 is 1.78 bits per heavy atom. The number of benzene rings is 1. The predicted molar refractivity (Wildman–Crippen MR) is 121 cm³/mol. The van der Waals surface area contributed by atoms with Gasteiger partial charge < -0.3 is 14.5 Å². The number of nitrogens with one attached hydrogen (secondary N) is 2. The average Bonchev–Trinajstić information content (AvgIpc) is 3.33. The van der Waals surface area contributed by atoms with Gasteiger partial charge in [-0.05, 0) is 31.4 Å². The molecule has 2 aromatic rings. The molecular weight excluding hydrogens is 430 g/mol. The second-order valence-electron chi connectivity index (χ2n) is 7.94. The number of ether oxygens (including phenoxy) is 1. The molecule has 4 rings (SSSR count). The lowest BCUT2D eigenvalue weighted by molar-refractivity contribution is -0.127. The van der Waals surface area contributed by atoms with Gasteiger partial charge >= 0.3 is 0 Å². The number of piperidine rings is 1. The first kappa shape index (κ1) is 22.2. The summed E-state index contributed by atoms with van der Waals surface area (Å²) in [4.78, 5) is 45.9. The van der Waals surface area contributed by atoms with Gasteiger partial charge in [-0.2, -0.15) is 0 Å². The van der Waals surface area contributed by atoms with E-state index >= 15 is 0 Å². The molecule has 2 fully saturated rings. The molecule has 0 aliphatic carbocycles. The van der Waals surface area contributed by atoms with Gasteiger partial charge in [0.2, 0.25) is 5.91 Å². The fraction of sp³-hybridized carbons (Fsp3) is 0.455. The summed E-state index contributed by atoms with van der Waals surface area (Å²) in [6, 6.07) is 7.51. The van der Waals surface area contributed by atoms with Gasteiger partial charge in [0, 0.05) is 43.0 Å². The largest absolute Gasteiger partial charge is 0.378 e. The SMILES string of the molecule is Cc1ccccc1C(=O)N1CCC(C(=O)NNC(=O)c2csc(N3CCOCC3)n2)CC1. The van der Waals surface area contributed by atoms with E-state index in [2.05, 4.69) is 20.7 Å². The van der Waals surface area contributed by atoms with E-state index in [0.717, 1.165) is 23.8 Å². The number of likely N-dealkylation sites (tertiary alicyclic amines) is 1. The van der Waals surface area contributed by atoms with E-state index < -0.39 is 5.91 Å². The fourth-order valence-corrected chi connectivity index (χ4v) is 4.74. The van der Waals surface area contributed by atoms with Gasteiger partial charge in [-0.1, -0.05) is 18.2 Å². The molecule has 2 N–H and O–H groups in total. The average molecular weight is 458 g/mol. The molecule has 0 atom stereocenters. The molecule has 1 aromatic carbocycles.